The molecule has 144 valence electrons. The number of aromatic nitrogens is 1. The lowest BCUT2D eigenvalue weighted by molar-refractivity contribution is -0.116. The number of carbonyl (C=O) groups is 2. The van der Waals surface area contributed by atoms with Gasteiger partial charge in [-0.05, 0) is 42.5 Å². The average Bonchev–Trinajstić information content (AvgIpc) is 3.11. The smallest absolute Gasteiger partial charge is 0.224 e. The molecule has 28 heavy (non-hydrogen) atoms. The summed E-state index contributed by atoms with van der Waals surface area (Å²) in [4.78, 5) is 27.5. The van der Waals surface area contributed by atoms with E-state index in [0.29, 0.717) is 39.5 Å². The molecule has 0 unspecified atom stereocenters. The maximum atomic E-state index is 12.2. The molecule has 0 spiro atoms. The van der Waals surface area contributed by atoms with Gasteiger partial charge in [-0.3, -0.25) is 9.59 Å². The Morgan fingerprint density at radius 3 is 2.50 bits per heavy atom. The summed E-state index contributed by atoms with van der Waals surface area (Å²) in [7, 11) is 0. The van der Waals surface area contributed by atoms with Gasteiger partial charge in [0, 0.05) is 36.0 Å². The number of nitrogens with zero attached hydrogens (tertiary/aromatic N) is 1. The van der Waals surface area contributed by atoms with E-state index in [1.807, 2.05) is 12.1 Å². The minimum absolute atomic E-state index is 0.185. The molecule has 1 heterocycles. The highest BCUT2D eigenvalue weighted by atomic mass is 35.5. The maximum Gasteiger partial charge on any atom is 0.224 e. The van der Waals surface area contributed by atoms with Crippen LogP contribution in [0.5, 0.6) is 0 Å². The molecule has 0 saturated carbocycles. The zero-order chi connectivity index (χ0) is 20.1. The van der Waals surface area contributed by atoms with Gasteiger partial charge in [0.25, 0.3) is 0 Å². The minimum atomic E-state index is -0.222. The van der Waals surface area contributed by atoms with Crippen LogP contribution >= 0.6 is 23.2 Å². The Morgan fingerprint density at radius 1 is 1.07 bits per heavy atom. The van der Waals surface area contributed by atoms with E-state index in [2.05, 4.69) is 15.6 Å². The summed E-state index contributed by atoms with van der Waals surface area (Å²) in [6.07, 6.45) is 2.15. The molecule has 3 rings (SSSR count). The Hall–Kier alpha value is -2.83. The number of aryl methyl sites for hydroxylation is 1. The molecule has 2 N–H and O–H groups in total. The van der Waals surface area contributed by atoms with Crippen LogP contribution in [0.3, 0.4) is 0 Å². The van der Waals surface area contributed by atoms with Gasteiger partial charge < -0.3 is 15.1 Å². The first-order valence-electron chi connectivity index (χ1n) is 8.48. The second-order valence-corrected chi connectivity index (χ2v) is 6.89. The first-order chi connectivity index (χ1) is 13.4. The molecule has 0 radical (unpaired) electrons. The number of hydrogen-bond donors (Lipinski definition) is 2. The van der Waals surface area contributed by atoms with Gasteiger partial charge in [0.05, 0.1) is 16.9 Å². The molecule has 0 fully saturated rings. The Kier molecular flexibility index (Phi) is 6.34. The summed E-state index contributed by atoms with van der Waals surface area (Å²) in [6.45, 7) is 1.41. The number of oxazole rings is 1. The molecule has 0 aliphatic heterocycles. The third kappa shape index (κ3) is 5.34. The minimum Gasteiger partial charge on any atom is -0.441 e. The second-order valence-electron chi connectivity index (χ2n) is 6.05. The van der Waals surface area contributed by atoms with Crippen LogP contribution in [0.1, 0.15) is 19.2 Å². The highest BCUT2D eigenvalue weighted by Gasteiger charge is 2.11. The van der Waals surface area contributed by atoms with Gasteiger partial charge in [-0.2, -0.15) is 0 Å². The number of carbonyl (C=O) groups excluding carboxylic acids is 2. The van der Waals surface area contributed by atoms with Gasteiger partial charge in [0.2, 0.25) is 11.8 Å². The summed E-state index contributed by atoms with van der Waals surface area (Å²) in [5.41, 5.74) is 1.89. The van der Waals surface area contributed by atoms with Crippen LogP contribution in [0.2, 0.25) is 10.0 Å². The SMILES string of the molecule is CC(=O)Nc1ccc(NC(=O)CCc2ncc(-c3ccc(Cl)cc3)o2)c(Cl)c1. The van der Waals surface area contributed by atoms with Gasteiger partial charge in [0.15, 0.2) is 11.7 Å². The monoisotopic (exact) mass is 417 g/mol. The third-order valence-corrected chi connectivity index (χ3v) is 4.38. The molecule has 0 bridgehead atoms. The van der Waals surface area contributed by atoms with Crippen LogP contribution in [0.25, 0.3) is 11.3 Å². The largest absolute Gasteiger partial charge is 0.441 e. The summed E-state index contributed by atoms with van der Waals surface area (Å²) in [5, 5.41) is 6.34. The van der Waals surface area contributed by atoms with Crippen molar-refractivity contribution in [2.45, 2.75) is 19.8 Å². The summed E-state index contributed by atoms with van der Waals surface area (Å²) in [6, 6.07) is 12.1. The van der Waals surface area contributed by atoms with Gasteiger partial charge in [0.1, 0.15) is 0 Å². The van der Waals surface area contributed by atoms with E-state index in [9.17, 15) is 9.59 Å². The standard InChI is InChI=1S/C20H17Cl2N3O3/c1-12(26)24-15-6-7-17(16(22)10-15)25-19(27)8-9-20-23-11-18(28-20)13-2-4-14(21)5-3-13/h2-7,10-11H,8-9H2,1H3,(H,24,26)(H,25,27). The Labute approximate surface area is 171 Å². The predicted octanol–water partition coefficient (Wildman–Crippen LogP) is 5.18. The first kappa shape index (κ1) is 19.9. The lowest BCUT2D eigenvalue weighted by Gasteiger charge is -2.09. The van der Waals surface area contributed by atoms with E-state index < -0.39 is 0 Å². The molecule has 2 aromatic carbocycles. The Bertz CT molecular complexity index is 1000. The number of halogens is 2. The molecule has 1 aromatic heterocycles. The highest BCUT2D eigenvalue weighted by Crippen LogP contribution is 2.26. The predicted molar refractivity (Wildman–Crippen MR) is 110 cm³/mol. The quantitative estimate of drug-likeness (QED) is 0.578. The van der Waals surface area contributed by atoms with Crippen molar-refractivity contribution in [1.82, 2.24) is 4.98 Å². The molecule has 0 saturated heterocycles. The summed E-state index contributed by atoms with van der Waals surface area (Å²) < 4.78 is 5.69. The van der Waals surface area contributed by atoms with Crippen LogP contribution in [0.15, 0.2) is 53.1 Å². The van der Waals surface area contributed by atoms with Gasteiger partial charge in [-0.15, -0.1) is 0 Å². The van der Waals surface area contributed by atoms with Crippen LogP contribution in [-0.4, -0.2) is 16.8 Å². The van der Waals surface area contributed by atoms with Gasteiger partial charge >= 0.3 is 0 Å². The van der Waals surface area contributed by atoms with E-state index in [1.54, 1.807) is 36.5 Å². The maximum absolute atomic E-state index is 12.2. The molecule has 8 heteroatoms. The lowest BCUT2D eigenvalue weighted by Crippen LogP contribution is -2.13. The van der Waals surface area contributed by atoms with Crippen molar-refractivity contribution in [2.24, 2.45) is 0 Å². The summed E-state index contributed by atoms with van der Waals surface area (Å²) in [5.74, 6) is 0.660. The fourth-order valence-electron chi connectivity index (χ4n) is 2.50. The molecular formula is C20H17Cl2N3O3. The van der Waals surface area contributed by atoms with Crippen molar-refractivity contribution in [2.75, 3.05) is 10.6 Å². The molecule has 3 aromatic rings. The number of nitrogens with one attached hydrogen (secondary N) is 2. The van der Waals surface area contributed by atoms with Crippen molar-refractivity contribution in [1.29, 1.82) is 0 Å². The molecule has 2 amide bonds. The van der Waals surface area contributed by atoms with E-state index in [0.717, 1.165) is 5.56 Å². The zero-order valence-corrected chi connectivity index (χ0v) is 16.5. The average molecular weight is 418 g/mol. The first-order valence-corrected chi connectivity index (χ1v) is 9.24. The fraction of sp³-hybridized carbons (Fsp3) is 0.150. The van der Waals surface area contributed by atoms with Crippen molar-refractivity contribution >= 4 is 46.4 Å². The van der Waals surface area contributed by atoms with E-state index in [4.69, 9.17) is 27.6 Å². The van der Waals surface area contributed by atoms with E-state index >= 15 is 0 Å². The van der Waals surface area contributed by atoms with Crippen LogP contribution < -0.4 is 10.6 Å². The van der Waals surface area contributed by atoms with E-state index in [1.165, 1.54) is 6.92 Å². The fourth-order valence-corrected chi connectivity index (χ4v) is 2.86. The van der Waals surface area contributed by atoms with Gasteiger partial charge in [-0.1, -0.05) is 23.2 Å². The molecule has 0 atom stereocenters. The summed E-state index contributed by atoms with van der Waals surface area (Å²) >= 11 is 12.0. The van der Waals surface area contributed by atoms with Crippen molar-refractivity contribution in [3.63, 3.8) is 0 Å². The molecular weight excluding hydrogens is 401 g/mol. The number of hydrogen-bond acceptors (Lipinski definition) is 4. The normalized spacial score (nSPS) is 10.5. The van der Waals surface area contributed by atoms with Gasteiger partial charge in [-0.25, -0.2) is 4.98 Å². The van der Waals surface area contributed by atoms with E-state index in [-0.39, 0.29) is 18.2 Å². The molecule has 6 nitrogen and oxygen atoms in total. The molecule has 0 aliphatic carbocycles. The van der Waals surface area contributed by atoms with Crippen LogP contribution in [0.4, 0.5) is 11.4 Å². The van der Waals surface area contributed by atoms with Crippen molar-refractivity contribution in [3.05, 3.63) is 64.6 Å². The number of anilines is 2. The Morgan fingerprint density at radius 2 is 1.82 bits per heavy atom. The second kappa shape index (κ2) is 8.91. The van der Waals surface area contributed by atoms with Crippen molar-refractivity contribution in [3.8, 4) is 11.3 Å². The highest BCUT2D eigenvalue weighted by molar-refractivity contribution is 6.34. The zero-order valence-electron chi connectivity index (χ0n) is 15.0. The number of amides is 2. The van der Waals surface area contributed by atoms with Crippen LogP contribution in [0, 0.1) is 0 Å². The lowest BCUT2D eigenvalue weighted by atomic mass is 10.2. The Balaban J connectivity index is 1.56. The topological polar surface area (TPSA) is 84.2 Å². The van der Waals surface area contributed by atoms with Crippen molar-refractivity contribution < 1.29 is 14.0 Å². The third-order valence-electron chi connectivity index (χ3n) is 3.81. The number of rotatable bonds is 6. The number of benzene rings is 2. The van der Waals surface area contributed by atoms with Crippen LogP contribution in [-0.2, 0) is 16.0 Å². The molecule has 0 aliphatic rings.